The van der Waals surface area contributed by atoms with E-state index >= 15 is 0 Å². The molecule has 1 fully saturated rings. The number of carbonyl (C=O) groups excluding carboxylic acids is 1. The zero-order chi connectivity index (χ0) is 24.8. The summed E-state index contributed by atoms with van der Waals surface area (Å²) in [7, 11) is 3.28. The number of fused-ring (bicyclic) bond motifs is 1. The van der Waals surface area contributed by atoms with E-state index < -0.39 is 0 Å². The Morgan fingerprint density at radius 1 is 1.09 bits per heavy atom. The van der Waals surface area contributed by atoms with E-state index in [1.54, 1.807) is 24.9 Å². The summed E-state index contributed by atoms with van der Waals surface area (Å²) < 4.78 is 12.2. The van der Waals surface area contributed by atoms with E-state index in [0.29, 0.717) is 41.3 Å². The van der Waals surface area contributed by atoms with Crippen LogP contribution >= 0.6 is 0 Å². The average Bonchev–Trinajstić information content (AvgIpc) is 2.91. The molecule has 1 aliphatic rings. The molecule has 1 atom stereocenters. The van der Waals surface area contributed by atoms with Gasteiger partial charge in [-0.05, 0) is 62.6 Å². The highest BCUT2D eigenvalue weighted by Crippen LogP contribution is 2.30. The molecule has 2 aromatic carbocycles. The van der Waals surface area contributed by atoms with Gasteiger partial charge in [-0.15, -0.1) is 0 Å². The molecular weight excluding hydrogens is 442 g/mol. The van der Waals surface area contributed by atoms with Crippen molar-refractivity contribution >= 4 is 16.8 Å². The fourth-order valence-electron chi connectivity index (χ4n) is 5.01. The quantitative estimate of drug-likeness (QED) is 0.410. The van der Waals surface area contributed by atoms with Crippen molar-refractivity contribution in [2.45, 2.75) is 51.5 Å². The summed E-state index contributed by atoms with van der Waals surface area (Å²) in [6, 6.07) is 14.3. The Morgan fingerprint density at radius 3 is 2.49 bits per heavy atom. The minimum atomic E-state index is -0.388. The predicted octanol–water partition coefficient (Wildman–Crippen LogP) is 4.90. The van der Waals surface area contributed by atoms with Crippen LogP contribution in [0.25, 0.3) is 16.6 Å². The van der Waals surface area contributed by atoms with E-state index in [4.69, 9.17) is 14.5 Å². The van der Waals surface area contributed by atoms with Gasteiger partial charge in [-0.1, -0.05) is 31.4 Å². The highest BCUT2D eigenvalue weighted by Gasteiger charge is 2.31. The maximum absolute atomic E-state index is 13.7. The van der Waals surface area contributed by atoms with Crippen LogP contribution in [0.15, 0.2) is 53.3 Å². The van der Waals surface area contributed by atoms with Crippen molar-refractivity contribution < 1.29 is 14.3 Å². The molecule has 4 rings (SSSR count). The summed E-state index contributed by atoms with van der Waals surface area (Å²) in [5.74, 6) is 1.44. The van der Waals surface area contributed by atoms with Gasteiger partial charge in [0.25, 0.3) is 5.56 Å². The van der Waals surface area contributed by atoms with Gasteiger partial charge in [-0.2, -0.15) is 0 Å². The molecule has 0 spiro atoms. The van der Waals surface area contributed by atoms with Crippen molar-refractivity contribution in [2.24, 2.45) is 5.92 Å². The smallest absolute Gasteiger partial charge is 0.266 e. The van der Waals surface area contributed by atoms with Crippen LogP contribution in [0.4, 0.5) is 0 Å². The molecule has 1 amide bonds. The summed E-state index contributed by atoms with van der Waals surface area (Å²) in [4.78, 5) is 34.3. The van der Waals surface area contributed by atoms with Crippen molar-refractivity contribution in [3.05, 3.63) is 64.7 Å². The Balaban J connectivity index is 1.82. The highest BCUT2D eigenvalue weighted by molar-refractivity contribution is 5.80. The lowest BCUT2D eigenvalue weighted by atomic mass is 9.88. The van der Waals surface area contributed by atoms with Crippen LogP contribution in [0.5, 0.6) is 5.75 Å². The van der Waals surface area contributed by atoms with Gasteiger partial charge in [0.05, 0.1) is 29.7 Å². The lowest BCUT2D eigenvalue weighted by Gasteiger charge is -2.34. The van der Waals surface area contributed by atoms with Crippen LogP contribution in [-0.4, -0.2) is 47.7 Å². The van der Waals surface area contributed by atoms with Gasteiger partial charge in [0.15, 0.2) is 0 Å². The molecule has 0 saturated heterocycles. The number of ether oxygens (including phenoxy) is 2. The maximum Gasteiger partial charge on any atom is 0.266 e. The Kier molecular flexibility index (Phi) is 8.18. The standard InChI is InChI=1S/C28H35N3O4/c1-20(30(18-9-19-34-2)27(32)21-10-5-4-6-11-21)26-29-25-13-8-7-12-24(25)28(33)31(26)22-14-16-23(35-3)17-15-22/h7-8,12-17,20-21H,4-6,9-11,18-19H2,1-3H3. The van der Waals surface area contributed by atoms with Gasteiger partial charge in [0, 0.05) is 26.2 Å². The number of amides is 1. The Hall–Kier alpha value is -3.19. The van der Waals surface area contributed by atoms with Crippen LogP contribution in [0, 0.1) is 5.92 Å². The van der Waals surface area contributed by atoms with Gasteiger partial charge in [-0.3, -0.25) is 14.2 Å². The molecule has 7 heteroatoms. The van der Waals surface area contributed by atoms with Crippen molar-refractivity contribution in [2.75, 3.05) is 27.4 Å². The average molecular weight is 478 g/mol. The second-order valence-corrected chi connectivity index (χ2v) is 9.21. The fourth-order valence-corrected chi connectivity index (χ4v) is 5.01. The molecule has 1 saturated carbocycles. The zero-order valence-electron chi connectivity index (χ0n) is 20.9. The Morgan fingerprint density at radius 2 is 1.80 bits per heavy atom. The second kappa shape index (κ2) is 11.5. The lowest BCUT2D eigenvalue weighted by molar-refractivity contribution is -0.139. The maximum atomic E-state index is 13.7. The summed E-state index contributed by atoms with van der Waals surface area (Å²) in [6.07, 6.45) is 5.92. The third-order valence-electron chi connectivity index (χ3n) is 6.96. The molecule has 1 unspecified atom stereocenters. The highest BCUT2D eigenvalue weighted by atomic mass is 16.5. The number of para-hydroxylation sites is 1. The Bertz CT molecular complexity index is 1200. The molecule has 3 aromatic rings. The first-order valence-electron chi connectivity index (χ1n) is 12.5. The third-order valence-corrected chi connectivity index (χ3v) is 6.96. The summed E-state index contributed by atoms with van der Waals surface area (Å²) in [5.41, 5.74) is 1.17. The van der Waals surface area contributed by atoms with Crippen LogP contribution < -0.4 is 10.3 Å². The summed E-state index contributed by atoms with van der Waals surface area (Å²) in [6.45, 7) is 3.09. The van der Waals surface area contributed by atoms with E-state index in [-0.39, 0.29) is 23.4 Å². The third kappa shape index (κ3) is 5.40. The van der Waals surface area contributed by atoms with Gasteiger partial charge < -0.3 is 14.4 Å². The molecular formula is C28H35N3O4. The molecule has 1 aliphatic carbocycles. The van der Waals surface area contributed by atoms with Crippen LogP contribution in [0.2, 0.25) is 0 Å². The number of carbonyl (C=O) groups is 1. The molecule has 1 aromatic heterocycles. The molecule has 1 heterocycles. The van der Waals surface area contributed by atoms with E-state index in [0.717, 1.165) is 32.1 Å². The topological polar surface area (TPSA) is 73.7 Å². The minimum absolute atomic E-state index is 0.0235. The van der Waals surface area contributed by atoms with E-state index in [9.17, 15) is 9.59 Å². The number of nitrogens with zero attached hydrogens (tertiary/aromatic N) is 3. The largest absolute Gasteiger partial charge is 0.497 e. The first kappa shape index (κ1) is 24.9. The normalized spacial score (nSPS) is 15.2. The molecule has 35 heavy (non-hydrogen) atoms. The molecule has 7 nitrogen and oxygen atoms in total. The lowest BCUT2D eigenvalue weighted by Crippen LogP contribution is -2.42. The predicted molar refractivity (Wildman–Crippen MR) is 137 cm³/mol. The van der Waals surface area contributed by atoms with Gasteiger partial charge >= 0.3 is 0 Å². The van der Waals surface area contributed by atoms with Gasteiger partial charge in [-0.25, -0.2) is 4.98 Å². The van der Waals surface area contributed by atoms with E-state index in [2.05, 4.69) is 0 Å². The van der Waals surface area contributed by atoms with Crippen molar-refractivity contribution in [3.8, 4) is 11.4 Å². The minimum Gasteiger partial charge on any atom is -0.497 e. The summed E-state index contributed by atoms with van der Waals surface area (Å²) >= 11 is 0. The molecule has 186 valence electrons. The SMILES string of the molecule is COCCCN(C(=O)C1CCCCC1)C(C)c1nc2ccccc2c(=O)n1-c1ccc(OC)cc1. The zero-order valence-corrected chi connectivity index (χ0v) is 20.9. The molecule has 0 bridgehead atoms. The monoisotopic (exact) mass is 477 g/mol. The molecule has 0 aliphatic heterocycles. The van der Waals surface area contributed by atoms with E-state index in [1.807, 2.05) is 54.3 Å². The molecule has 0 radical (unpaired) electrons. The van der Waals surface area contributed by atoms with Crippen LogP contribution in [0.1, 0.15) is 57.3 Å². The van der Waals surface area contributed by atoms with Crippen molar-refractivity contribution in [3.63, 3.8) is 0 Å². The first-order valence-corrected chi connectivity index (χ1v) is 12.5. The Labute approximate surface area is 206 Å². The van der Waals surface area contributed by atoms with Crippen LogP contribution in [-0.2, 0) is 9.53 Å². The first-order chi connectivity index (χ1) is 17.0. The number of benzene rings is 2. The number of rotatable bonds is 9. The van der Waals surface area contributed by atoms with Crippen molar-refractivity contribution in [1.82, 2.24) is 14.5 Å². The molecule has 0 N–H and O–H groups in total. The van der Waals surface area contributed by atoms with E-state index in [1.165, 1.54) is 6.42 Å². The van der Waals surface area contributed by atoms with Crippen LogP contribution in [0.3, 0.4) is 0 Å². The number of hydrogen-bond donors (Lipinski definition) is 0. The fraction of sp³-hybridized carbons (Fsp3) is 0.464. The summed E-state index contributed by atoms with van der Waals surface area (Å²) in [5, 5.41) is 0.545. The number of methoxy groups -OCH3 is 2. The van der Waals surface area contributed by atoms with Crippen molar-refractivity contribution in [1.29, 1.82) is 0 Å². The number of aromatic nitrogens is 2. The number of hydrogen-bond acceptors (Lipinski definition) is 5. The van der Waals surface area contributed by atoms with Gasteiger partial charge in [0.1, 0.15) is 11.6 Å². The van der Waals surface area contributed by atoms with Gasteiger partial charge in [0.2, 0.25) is 5.91 Å². The second-order valence-electron chi connectivity index (χ2n) is 9.21.